The SMILES string of the molecule is C=CCn1c(SCC(=O)NCC(C)(C)N2CCOCC2)nnc1-c1ccoc1C. The standard InChI is InChI=1S/C20H29N5O3S/c1-5-7-25-18(16-6-10-28-15(16)2)22-23-19(25)29-13-17(26)21-14-20(3,4)24-8-11-27-12-9-24/h5-6,10H,1,7-9,11-14H2,2-4H3,(H,21,26). The zero-order valence-electron chi connectivity index (χ0n) is 17.3. The summed E-state index contributed by atoms with van der Waals surface area (Å²) in [6, 6.07) is 1.87. The number of aromatic nitrogens is 3. The normalized spacial score (nSPS) is 15.4. The topological polar surface area (TPSA) is 85.4 Å². The summed E-state index contributed by atoms with van der Waals surface area (Å²) in [6.07, 6.45) is 3.42. The van der Waals surface area contributed by atoms with Gasteiger partial charge in [-0.15, -0.1) is 16.8 Å². The second-order valence-electron chi connectivity index (χ2n) is 7.57. The number of hydrogen-bond acceptors (Lipinski definition) is 7. The molecular weight excluding hydrogens is 390 g/mol. The van der Waals surface area contributed by atoms with Gasteiger partial charge in [-0.2, -0.15) is 0 Å². The van der Waals surface area contributed by atoms with E-state index in [0.29, 0.717) is 24.1 Å². The minimum absolute atomic E-state index is 0.0227. The summed E-state index contributed by atoms with van der Waals surface area (Å²) in [5.74, 6) is 1.75. The Labute approximate surface area is 175 Å². The summed E-state index contributed by atoms with van der Waals surface area (Å²) >= 11 is 1.37. The Hall–Kier alpha value is -2.10. The molecule has 1 aliphatic heterocycles. The highest BCUT2D eigenvalue weighted by atomic mass is 32.2. The number of aryl methyl sites for hydroxylation is 1. The van der Waals surface area contributed by atoms with Gasteiger partial charge >= 0.3 is 0 Å². The number of hydrogen-bond donors (Lipinski definition) is 1. The maximum absolute atomic E-state index is 12.4. The molecule has 0 saturated carbocycles. The monoisotopic (exact) mass is 419 g/mol. The third-order valence-corrected chi connectivity index (χ3v) is 6.01. The van der Waals surface area contributed by atoms with Gasteiger partial charge in [-0.25, -0.2) is 0 Å². The Morgan fingerprint density at radius 2 is 2.14 bits per heavy atom. The smallest absolute Gasteiger partial charge is 0.230 e. The predicted octanol–water partition coefficient (Wildman–Crippen LogP) is 2.35. The number of carbonyl (C=O) groups is 1. The molecule has 0 aromatic carbocycles. The van der Waals surface area contributed by atoms with Gasteiger partial charge in [0.1, 0.15) is 5.76 Å². The zero-order valence-corrected chi connectivity index (χ0v) is 18.1. The minimum atomic E-state index is -0.112. The Kier molecular flexibility index (Phi) is 7.15. The summed E-state index contributed by atoms with van der Waals surface area (Å²) in [7, 11) is 0. The second kappa shape index (κ2) is 9.60. The van der Waals surface area contributed by atoms with Crippen molar-refractivity contribution >= 4 is 17.7 Å². The molecule has 1 fully saturated rings. The van der Waals surface area contributed by atoms with Crippen LogP contribution in [0, 0.1) is 6.92 Å². The molecule has 1 N–H and O–H groups in total. The molecule has 0 radical (unpaired) electrons. The molecule has 2 aromatic heterocycles. The number of amides is 1. The first-order chi connectivity index (χ1) is 13.9. The molecule has 1 amide bonds. The summed E-state index contributed by atoms with van der Waals surface area (Å²) in [6.45, 7) is 14.4. The van der Waals surface area contributed by atoms with Gasteiger partial charge in [0.15, 0.2) is 11.0 Å². The lowest BCUT2D eigenvalue weighted by molar-refractivity contribution is -0.119. The molecule has 3 rings (SSSR count). The number of nitrogens with one attached hydrogen (secondary N) is 1. The van der Waals surface area contributed by atoms with Crippen LogP contribution in [-0.4, -0.2) is 69.7 Å². The van der Waals surface area contributed by atoms with Crippen LogP contribution in [0.4, 0.5) is 0 Å². The van der Waals surface area contributed by atoms with Gasteiger partial charge in [-0.3, -0.25) is 14.3 Å². The van der Waals surface area contributed by atoms with Crippen LogP contribution in [0.1, 0.15) is 19.6 Å². The van der Waals surface area contributed by atoms with Crippen LogP contribution in [-0.2, 0) is 16.1 Å². The largest absolute Gasteiger partial charge is 0.469 e. The lowest BCUT2D eigenvalue weighted by atomic mass is 10.0. The van der Waals surface area contributed by atoms with E-state index < -0.39 is 0 Å². The molecule has 0 aliphatic carbocycles. The lowest BCUT2D eigenvalue weighted by Crippen LogP contribution is -2.55. The maximum Gasteiger partial charge on any atom is 0.230 e. The summed E-state index contributed by atoms with van der Waals surface area (Å²) in [5.41, 5.74) is 0.779. The van der Waals surface area contributed by atoms with Crippen molar-refractivity contribution in [1.29, 1.82) is 0 Å². The molecule has 8 nitrogen and oxygen atoms in total. The van der Waals surface area contributed by atoms with Crippen molar-refractivity contribution in [3.8, 4) is 11.4 Å². The van der Waals surface area contributed by atoms with Gasteiger partial charge in [-0.1, -0.05) is 17.8 Å². The number of ether oxygens (including phenoxy) is 1. The molecule has 3 heterocycles. The fraction of sp³-hybridized carbons (Fsp3) is 0.550. The quantitative estimate of drug-likeness (QED) is 0.493. The van der Waals surface area contributed by atoms with Crippen molar-refractivity contribution < 1.29 is 13.9 Å². The van der Waals surface area contributed by atoms with E-state index in [-0.39, 0.29) is 17.2 Å². The minimum Gasteiger partial charge on any atom is -0.469 e. The molecule has 1 saturated heterocycles. The van der Waals surface area contributed by atoms with E-state index in [9.17, 15) is 4.79 Å². The average Bonchev–Trinajstić information content (AvgIpc) is 3.31. The van der Waals surface area contributed by atoms with Gasteiger partial charge in [-0.05, 0) is 26.8 Å². The molecule has 1 aliphatic rings. The van der Waals surface area contributed by atoms with Crippen molar-refractivity contribution in [2.45, 2.75) is 38.0 Å². The van der Waals surface area contributed by atoms with E-state index in [1.54, 1.807) is 12.3 Å². The van der Waals surface area contributed by atoms with Crippen LogP contribution in [0.25, 0.3) is 11.4 Å². The molecule has 0 spiro atoms. The summed E-state index contributed by atoms with van der Waals surface area (Å²) in [5, 5.41) is 12.3. The van der Waals surface area contributed by atoms with Gasteiger partial charge in [0.05, 0.1) is 30.8 Å². The highest BCUT2D eigenvalue weighted by Gasteiger charge is 2.28. The Bertz CT molecular complexity index is 839. The van der Waals surface area contributed by atoms with E-state index in [1.165, 1.54) is 11.8 Å². The Morgan fingerprint density at radius 1 is 1.38 bits per heavy atom. The first-order valence-electron chi connectivity index (χ1n) is 9.73. The van der Waals surface area contributed by atoms with Crippen molar-refractivity contribution in [2.24, 2.45) is 0 Å². The fourth-order valence-electron chi connectivity index (χ4n) is 3.28. The molecule has 29 heavy (non-hydrogen) atoms. The molecular formula is C20H29N5O3S. The Morgan fingerprint density at radius 3 is 2.79 bits per heavy atom. The van der Waals surface area contributed by atoms with Crippen LogP contribution in [0.15, 0.2) is 34.6 Å². The third kappa shape index (κ3) is 5.29. The number of thioether (sulfide) groups is 1. The molecule has 0 atom stereocenters. The summed E-state index contributed by atoms with van der Waals surface area (Å²) < 4.78 is 12.7. The van der Waals surface area contributed by atoms with Crippen LogP contribution in [0.5, 0.6) is 0 Å². The number of furan rings is 1. The van der Waals surface area contributed by atoms with E-state index >= 15 is 0 Å². The van der Waals surface area contributed by atoms with Crippen molar-refractivity contribution in [3.63, 3.8) is 0 Å². The molecule has 0 unspecified atom stereocenters. The maximum atomic E-state index is 12.4. The number of morpholine rings is 1. The van der Waals surface area contributed by atoms with Crippen LogP contribution in [0.3, 0.4) is 0 Å². The van der Waals surface area contributed by atoms with Crippen LogP contribution >= 0.6 is 11.8 Å². The van der Waals surface area contributed by atoms with Gasteiger partial charge in [0.25, 0.3) is 0 Å². The highest BCUT2D eigenvalue weighted by Crippen LogP contribution is 2.27. The first kappa shape index (κ1) is 21.6. The number of rotatable bonds is 9. The van der Waals surface area contributed by atoms with Gasteiger partial charge < -0.3 is 14.5 Å². The Balaban J connectivity index is 1.58. The number of nitrogens with zero attached hydrogens (tertiary/aromatic N) is 4. The average molecular weight is 420 g/mol. The molecule has 9 heteroatoms. The highest BCUT2D eigenvalue weighted by molar-refractivity contribution is 7.99. The molecule has 0 bridgehead atoms. The summed E-state index contributed by atoms with van der Waals surface area (Å²) in [4.78, 5) is 14.8. The first-order valence-corrected chi connectivity index (χ1v) is 10.7. The van der Waals surface area contributed by atoms with Crippen molar-refractivity contribution in [3.05, 3.63) is 30.7 Å². The molecule has 158 valence electrons. The van der Waals surface area contributed by atoms with E-state index in [0.717, 1.165) is 37.6 Å². The predicted molar refractivity (Wildman–Crippen MR) is 113 cm³/mol. The van der Waals surface area contributed by atoms with Crippen molar-refractivity contribution in [2.75, 3.05) is 38.6 Å². The van der Waals surface area contributed by atoms with Crippen molar-refractivity contribution in [1.82, 2.24) is 25.0 Å². The van der Waals surface area contributed by atoms with Gasteiger partial charge in [0.2, 0.25) is 5.91 Å². The van der Waals surface area contributed by atoms with Crippen LogP contribution in [0.2, 0.25) is 0 Å². The lowest BCUT2D eigenvalue weighted by Gasteiger charge is -2.40. The molecule has 2 aromatic rings. The second-order valence-corrected chi connectivity index (χ2v) is 8.52. The zero-order chi connectivity index (χ0) is 20.9. The van der Waals surface area contributed by atoms with E-state index in [4.69, 9.17) is 9.15 Å². The van der Waals surface area contributed by atoms with Crippen LogP contribution < -0.4 is 5.32 Å². The van der Waals surface area contributed by atoms with Gasteiger partial charge in [0, 0.05) is 31.7 Å². The third-order valence-electron chi connectivity index (χ3n) is 5.05. The van der Waals surface area contributed by atoms with E-state index in [1.807, 2.05) is 17.6 Å². The number of allylic oxidation sites excluding steroid dienone is 1. The number of carbonyl (C=O) groups excluding carboxylic acids is 1. The fourth-order valence-corrected chi connectivity index (χ4v) is 4.06. The van der Waals surface area contributed by atoms with E-state index in [2.05, 4.69) is 40.8 Å².